The molecule has 1 aliphatic heterocycles. The number of hydrogen-bond acceptors (Lipinski definition) is 5. The fraction of sp³-hybridized carbons (Fsp3) is 0.600. The topological polar surface area (TPSA) is 76.4 Å². The van der Waals surface area contributed by atoms with Crippen LogP contribution in [0, 0.1) is 17.0 Å². The Bertz CT molecular complexity index is 473. The summed E-state index contributed by atoms with van der Waals surface area (Å²) in [5.74, 6) is 0. The van der Waals surface area contributed by atoms with Crippen LogP contribution in [0.3, 0.4) is 0 Å². The molecule has 1 fully saturated rings. The smallest absolute Gasteiger partial charge is 0.271 e. The van der Waals surface area contributed by atoms with Gasteiger partial charge in [0, 0.05) is 31.0 Å². The summed E-state index contributed by atoms with van der Waals surface area (Å²) in [5.41, 5.74) is 1.96. The van der Waals surface area contributed by atoms with Crippen molar-refractivity contribution in [2.45, 2.75) is 32.3 Å². The summed E-state index contributed by atoms with van der Waals surface area (Å²) in [5, 5.41) is 17.3. The second kappa shape index (κ2) is 7.95. The van der Waals surface area contributed by atoms with E-state index < -0.39 is 0 Å². The number of nitrogens with one attached hydrogen (secondary N) is 2. The van der Waals surface area contributed by atoms with Crippen LogP contribution in [0.4, 0.5) is 11.4 Å². The number of aryl methyl sites for hydroxylation is 1. The number of nitro groups is 1. The zero-order valence-electron chi connectivity index (χ0n) is 12.4. The Morgan fingerprint density at radius 2 is 2.19 bits per heavy atom. The Hall–Kier alpha value is -1.66. The maximum atomic E-state index is 10.8. The number of rotatable bonds is 7. The molecule has 0 radical (unpaired) electrons. The lowest BCUT2D eigenvalue weighted by Gasteiger charge is -2.23. The molecule has 1 aromatic rings. The van der Waals surface area contributed by atoms with Crippen LogP contribution in [-0.4, -0.2) is 37.3 Å². The van der Waals surface area contributed by atoms with Gasteiger partial charge in [-0.25, -0.2) is 0 Å². The molecule has 0 aliphatic carbocycles. The van der Waals surface area contributed by atoms with Crippen LogP contribution in [0.15, 0.2) is 18.2 Å². The standard InChI is InChI=1S/C15H23N3O3/c1-12-3-4-13(18(19)20)11-15(12)17-7-2-10-21-14-5-8-16-9-6-14/h3-4,11,14,16-17H,2,5-10H2,1H3. The van der Waals surface area contributed by atoms with Crippen molar-refractivity contribution in [2.24, 2.45) is 0 Å². The SMILES string of the molecule is Cc1ccc([N+](=O)[O-])cc1NCCCOC1CCNCC1. The summed E-state index contributed by atoms with van der Waals surface area (Å²) in [6.45, 7) is 5.50. The third kappa shape index (κ3) is 4.99. The number of nitro benzene ring substituents is 1. The van der Waals surface area contributed by atoms with Gasteiger partial charge in [-0.2, -0.15) is 0 Å². The van der Waals surface area contributed by atoms with Crippen molar-refractivity contribution in [3.8, 4) is 0 Å². The largest absolute Gasteiger partial charge is 0.385 e. The Kier molecular flexibility index (Phi) is 5.95. The fourth-order valence-electron chi connectivity index (χ4n) is 2.42. The van der Waals surface area contributed by atoms with Crippen molar-refractivity contribution < 1.29 is 9.66 Å². The van der Waals surface area contributed by atoms with Crippen LogP contribution in [0.5, 0.6) is 0 Å². The molecule has 6 heteroatoms. The molecule has 6 nitrogen and oxygen atoms in total. The van der Waals surface area contributed by atoms with Gasteiger partial charge in [-0.15, -0.1) is 0 Å². The maximum Gasteiger partial charge on any atom is 0.271 e. The summed E-state index contributed by atoms with van der Waals surface area (Å²) < 4.78 is 5.82. The molecule has 0 spiro atoms. The predicted octanol–water partition coefficient (Wildman–Crippen LogP) is 2.47. The van der Waals surface area contributed by atoms with E-state index in [9.17, 15) is 10.1 Å². The number of hydrogen-bond donors (Lipinski definition) is 2. The first kappa shape index (κ1) is 15.7. The van der Waals surface area contributed by atoms with E-state index >= 15 is 0 Å². The molecule has 1 aliphatic rings. The molecule has 0 bridgehead atoms. The second-order valence-electron chi connectivity index (χ2n) is 5.36. The molecule has 0 unspecified atom stereocenters. The fourth-order valence-corrected chi connectivity index (χ4v) is 2.42. The minimum Gasteiger partial charge on any atom is -0.385 e. The van der Waals surface area contributed by atoms with E-state index in [1.165, 1.54) is 6.07 Å². The van der Waals surface area contributed by atoms with Crippen molar-refractivity contribution in [3.63, 3.8) is 0 Å². The van der Waals surface area contributed by atoms with Crippen LogP contribution in [0.2, 0.25) is 0 Å². The number of ether oxygens (including phenoxy) is 1. The number of anilines is 1. The molecule has 1 aromatic carbocycles. The molecule has 2 rings (SSSR count). The Morgan fingerprint density at radius 1 is 1.43 bits per heavy atom. The van der Waals surface area contributed by atoms with Crippen molar-refractivity contribution in [1.29, 1.82) is 0 Å². The molecule has 2 N–H and O–H groups in total. The Labute approximate surface area is 125 Å². The van der Waals surface area contributed by atoms with E-state index in [0.29, 0.717) is 6.10 Å². The van der Waals surface area contributed by atoms with Gasteiger partial charge in [0.25, 0.3) is 5.69 Å². The van der Waals surface area contributed by atoms with E-state index in [1.54, 1.807) is 12.1 Å². The molecular formula is C15H23N3O3. The van der Waals surface area contributed by atoms with Crippen LogP contribution < -0.4 is 10.6 Å². The lowest BCUT2D eigenvalue weighted by Crippen LogP contribution is -2.32. The minimum absolute atomic E-state index is 0.119. The maximum absolute atomic E-state index is 10.8. The molecule has 0 saturated carbocycles. The molecule has 1 heterocycles. The van der Waals surface area contributed by atoms with Crippen LogP contribution >= 0.6 is 0 Å². The molecule has 116 valence electrons. The highest BCUT2D eigenvalue weighted by Gasteiger charge is 2.12. The number of piperidine rings is 1. The first-order chi connectivity index (χ1) is 10.2. The monoisotopic (exact) mass is 293 g/mol. The Morgan fingerprint density at radius 3 is 2.90 bits per heavy atom. The second-order valence-corrected chi connectivity index (χ2v) is 5.36. The van der Waals surface area contributed by atoms with Gasteiger partial charge in [0.2, 0.25) is 0 Å². The summed E-state index contributed by atoms with van der Waals surface area (Å²) in [7, 11) is 0. The van der Waals surface area contributed by atoms with Gasteiger partial charge >= 0.3 is 0 Å². The molecule has 1 saturated heterocycles. The van der Waals surface area contributed by atoms with Crippen LogP contribution in [-0.2, 0) is 4.74 Å². The van der Waals surface area contributed by atoms with Crippen molar-refractivity contribution in [3.05, 3.63) is 33.9 Å². The van der Waals surface area contributed by atoms with Crippen molar-refractivity contribution >= 4 is 11.4 Å². The molecule has 0 atom stereocenters. The molecular weight excluding hydrogens is 270 g/mol. The third-order valence-corrected chi connectivity index (χ3v) is 3.71. The van der Waals surface area contributed by atoms with E-state index in [2.05, 4.69) is 10.6 Å². The zero-order valence-corrected chi connectivity index (χ0v) is 12.4. The van der Waals surface area contributed by atoms with Gasteiger partial charge in [0.15, 0.2) is 0 Å². The highest BCUT2D eigenvalue weighted by molar-refractivity contribution is 5.56. The summed E-state index contributed by atoms with van der Waals surface area (Å²) in [6.07, 6.45) is 3.44. The van der Waals surface area contributed by atoms with Crippen molar-refractivity contribution in [2.75, 3.05) is 31.6 Å². The highest BCUT2D eigenvalue weighted by atomic mass is 16.6. The predicted molar refractivity (Wildman–Crippen MR) is 82.8 cm³/mol. The first-order valence-corrected chi connectivity index (χ1v) is 7.48. The third-order valence-electron chi connectivity index (χ3n) is 3.71. The summed E-state index contributed by atoms with van der Waals surface area (Å²) in [4.78, 5) is 10.4. The van der Waals surface area contributed by atoms with Crippen LogP contribution in [0.1, 0.15) is 24.8 Å². The summed E-state index contributed by atoms with van der Waals surface area (Å²) in [6, 6.07) is 4.88. The molecule has 0 amide bonds. The number of benzene rings is 1. The average Bonchev–Trinajstić information content (AvgIpc) is 2.49. The number of nitrogens with zero attached hydrogens (tertiary/aromatic N) is 1. The van der Waals surface area contributed by atoms with Gasteiger partial charge in [0.1, 0.15) is 0 Å². The van der Waals surface area contributed by atoms with Gasteiger partial charge in [-0.3, -0.25) is 10.1 Å². The normalized spacial score (nSPS) is 15.9. The summed E-state index contributed by atoms with van der Waals surface area (Å²) >= 11 is 0. The van der Waals surface area contributed by atoms with E-state index in [1.807, 2.05) is 6.92 Å². The zero-order chi connectivity index (χ0) is 15.1. The van der Waals surface area contributed by atoms with Gasteiger partial charge in [-0.05, 0) is 44.8 Å². The lowest BCUT2D eigenvalue weighted by atomic mass is 10.1. The molecule has 21 heavy (non-hydrogen) atoms. The first-order valence-electron chi connectivity index (χ1n) is 7.48. The Balaban J connectivity index is 1.70. The quantitative estimate of drug-likeness (QED) is 0.459. The highest BCUT2D eigenvalue weighted by Crippen LogP contribution is 2.21. The van der Waals surface area contributed by atoms with Gasteiger partial charge < -0.3 is 15.4 Å². The van der Waals surface area contributed by atoms with Gasteiger partial charge in [0.05, 0.1) is 11.0 Å². The van der Waals surface area contributed by atoms with Gasteiger partial charge in [-0.1, -0.05) is 6.07 Å². The van der Waals surface area contributed by atoms with E-state index in [0.717, 1.165) is 56.8 Å². The van der Waals surface area contributed by atoms with Crippen molar-refractivity contribution in [1.82, 2.24) is 5.32 Å². The average molecular weight is 293 g/mol. The van der Waals surface area contributed by atoms with E-state index in [4.69, 9.17) is 4.74 Å². The van der Waals surface area contributed by atoms with Crippen LogP contribution in [0.25, 0.3) is 0 Å². The molecule has 0 aromatic heterocycles. The van der Waals surface area contributed by atoms with E-state index in [-0.39, 0.29) is 10.6 Å². The number of non-ortho nitro benzene ring substituents is 1. The minimum atomic E-state index is -0.370. The lowest BCUT2D eigenvalue weighted by molar-refractivity contribution is -0.384.